The van der Waals surface area contributed by atoms with Crippen molar-refractivity contribution in [3.8, 4) is 11.5 Å². The number of methoxy groups -OCH3 is 1. The van der Waals surface area contributed by atoms with Crippen LogP contribution in [0.15, 0.2) is 48.5 Å². The van der Waals surface area contributed by atoms with Gasteiger partial charge in [0.15, 0.2) is 0 Å². The van der Waals surface area contributed by atoms with Gasteiger partial charge in [-0.1, -0.05) is 30.3 Å². The molecule has 2 rings (SSSR count). The summed E-state index contributed by atoms with van der Waals surface area (Å²) in [7, 11) is 1.54. The van der Waals surface area contributed by atoms with Gasteiger partial charge in [0.05, 0.1) is 19.4 Å². The van der Waals surface area contributed by atoms with Gasteiger partial charge in [-0.3, -0.25) is 4.79 Å². The zero-order valence-corrected chi connectivity index (χ0v) is 16.1. The van der Waals surface area contributed by atoms with Crippen molar-refractivity contribution in [2.24, 2.45) is 0 Å². The molecule has 28 heavy (non-hydrogen) atoms. The highest BCUT2D eigenvalue weighted by Gasteiger charge is 2.16. The molecule has 0 saturated heterocycles. The van der Waals surface area contributed by atoms with E-state index in [1.807, 2.05) is 37.3 Å². The molecule has 0 fully saturated rings. The topological polar surface area (TPSA) is 96.9 Å². The van der Waals surface area contributed by atoms with E-state index in [1.165, 1.54) is 0 Å². The van der Waals surface area contributed by atoms with Crippen molar-refractivity contribution in [3.63, 3.8) is 0 Å². The summed E-state index contributed by atoms with van der Waals surface area (Å²) in [5.41, 5.74) is 1.50. The van der Waals surface area contributed by atoms with Crippen molar-refractivity contribution in [2.45, 2.75) is 32.2 Å². The van der Waals surface area contributed by atoms with Crippen LogP contribution in [0.4, 0.5) is 10.5 Å². The normalized spacial score (nSPS) is 11.4. The second-order valence-corrected chi connectivity index (χ2v) is 6.21. The molecule has 7 nitrogen and oxygen atoms in total. The third-order valence-corrected chi connectivity index (χ3v) is 4.10. The van der Waals surface area contributed by atoms with Crippen LogP contribution in [0, 0.1) is 0 Å². The first-order valence-corrected chi connectivity index (χ1v) is 9.16. The molecular formula is C21H26N2O5. The zero-order valence-electron chi connectivity index (χ0n) is 16.1. The monoisotopic (exact) mass is 386 g/mol. The number of amides is 2. The molecule has 1 atom stereocenters. The average molecular weight is 386 g/mol. The quantitative estimate of drug-likeness (QED) is 0.579. The summed E-state index contributed by atoms with van der Waals surface area (Å²) in [6, 6.07) is 14.0. The molecule has 2 aromatic rings. The number of carbonyl (C=O) groups excluding carboxylic acids is 1. The summed E-state index contributed by atoms with van der Waals surface area (Å²) in [6.45, 7) is 2.31. The smallest absolute Gasteiger partial charge is 0.319 e. The number of nitrogens with one attached hydrogen (secondary N) is 2. The Balaban J connectivity index is 2.08. The third-order valence-electron chi connectivity index (χ3n) is 4.10. The summed E-state index contributed by atoms with van der Waals surface area (Å²) in [5, 5.41) is 14.6. The summed E-state index contributed by atoms with van der Waals surface area (Å²) < 4.78 is 10.7. The highest BCUT2D eigenvalue weighted by atomic mass is 16.5. The molecule has 0 aliphatic rings. The first kappa shape index (κ1) is 21.1. The lowest BCUT2D eigenvalue weighted by Gasteiger charge is -2.20. The number of carbonyl (C=O) groups is 2. The fourth-order valence-electron chi connectivity index (χ4n) is 2.78. The van der Waals surface area contributed by atoms with Crippen molar-refractivity contribution in [1.29, 1.82) is 0 Å². The SMILES string of the molecule is CCOc1ccc(OC)cc1NC(=O)NC(CCC(=O)O)Cc1ccccc1. The molecule has 0 aliphatic heterocycles. The maximum absolute atomic E-state index is 12.5. The van der Waals surface area contributed by atoms with Gasteiger partial charge in [-0.05, 0) is 37.5 Å². The number of urea groups is 1. The Morgan fingerprint density at radius 1 is 1.14 bits per heavy atom. The molecule has 0 heterocycles. The van der Waals surface area contributed by atoms with Gasteiger partial charge in [0, 0.05) is 18.5 Å². The molecule has 3 N–H and O–H groups in total. The molecule has 150 valence electrons. The number of anilines is 1. The molecule has 7 heteroatoms. The minimum Gasteiger partial charge on any atom is -0.497 e. The van der Waals surface area contributed by atoms with Crippen LogP contribution in [-0.2, 0) is 11.2 Å². The standard InChI is InChI=1S/C21H26N2O5/c1-3-28-19-11-10-17(27-2)14-18(19)23-21(26)22-16(9-12-20(24)25)13-15-7-5-4-6-8-15/h4-8,10-11,14,16H,3,9,12-13H2,1-2H3,(H,24,25)(H2,22,23,26). The van der Waals surface area contributed by atoms with Gasteiger partial charge in [-0.25, -0.2) is 4.79 Å². The summed E-state index contributed by atoms with van der Waals surface area (Å²) in [6.07, 6.45) is 0.840. The summed E-state index contributed by atoms with van der Waals surface area (Å²) in [5.74, 6) is 0.223. The number of rotatable bonds is 10. The fraction of sp³-hybridized carbons (Fsp3) is 0.333. The second kappa shape index (κ2) is 10.8. The minimum absolute atomic E-state index is 0.0267. The molecular weight excluding hydrogens is 360 g/mol. The summed E-state index contributed by atoms with van der Waals surface area (Å²) in [4.78, 5) is 23.5. The van der Waals surface area contributed by atoms with Gasteiger partial charge in [0.25, 0.3) is 0 Å². The van der Waals surface area contributed by atoms with Gasteiger partial charge in [-0.2, -0.15) is 0 Å². The third kappa shape index (κ3) is 6.83. The van der Waals surface area contributed by atoms with E-state index in [0.717, 1.165) is 5.56 Å². The van der Waals surface area contributed by atoms with Crippen LogP contribution in [-0.4, -0.2) is 36.9 Å². The molecule has 0 radical (unpaired) electrons. The zero-order chi connectivity index (χ0) is 20.4. The van der Waals surface area contributed by atoms with Gasteiger partial charge in [0.2, 0.25) is 0 Å². The van der Waals surface area contributed by atoms with Gasteiger partial charge >= 0.3 is 12.0 Å². The molecule has 0 spiro atoms. The lowest BCUT2D eigenvalue weighted by atomic mass is 10.0. The lowest BCUT2D eigenvalue weighted by molar-refractivity contribution is -0.137. The van der Waals surface area contributed by atoms with Crippen molar-refractivity contribution in [1.82, 2.24) is 5.32 Å². The largest absolute Gasteiger partial charge is 0.497 e. The van der Waals surface area contributed by atoms with Crippen LogP contribution in [0.25, 0.3) is 0 Å². The predicted molar refractivity (Wildman–Crippen MR) is 107 cm³/mol. The fourth-order valence-corrected chi connectivity index (χ4v) is 2.78. The number of ether oxygens (including phenoxy) is 2. The number of carboxylic acids is 1. The van der Waals surface area contributed by atoms with Crippen molar-refractivity contribution in [2.75, 3.05) is 19.0 Å². The molecule has 0 aromatic heterocycles. The molecule has 2 amide bonds. The highest BCUT2D eigenvalue weighted by molar-refractivity contribution is 5.91. The maximum atomic E-state index is 12.5. The van der Waals surface area contributed by atoms with Crippen molar-refractivity contribution < 1.29 is 24.2 Å². The molecule has 0 bridgehead atoms. The first-order valence-electron chi connectivity index (χ1n) is 9.16. The summed E-state index contributed by atoms with van der Waals surface area (Å²) >= 11 is 0. The van der Waals surface area contributed by atoms with Crippen LogP contribution >= 0.6 is 0 Å². The van der Waals surface area contributed by atoms with E-state index in [2.05, 4.69) is 10.6 Å². The molecule has 1 unspecified atom stereocenters. The lowest BCUT2D eigenvalue weighted by Crippen LogP contribution is -2.39. The first-order chi connectivity index (χ1) is 13.5. The van der Waals surface area contributed by atoms with Crippen LogP contribution in [0.5, 0.6) is 11.5 Å². The Morgan fingerprint density at radius 2 is 1.89 bits per heavy atom. The van der Waals surface area contributed by atoms with Crippen LogP contribution in [0.2, 0.25) is 0 Å². The van der Waals surface area contributed by atoms with Crippen LogP contribution in [0.1, 0.15) is 25.3 Å². The maximum Gasteiger partial charge on any atom is 0.319 e. The number of hydrogen-bond donors (Lipinski definition) is 3. The molecule has 0 saturated carbocycles. The molecule has 0 aliphatic carbocycles. The van der Waals surface area contributed by atoms with Gasteiger partial charge in [0.1, 0.15) is 11.5 Å². The van der Waals surface area contributed by atoms with Crippen molar-refractivity contribution in [3.05, 3.63) is 54.1 Å². The van der Waals surface area contributed by atoms with E-state index in [1.54, 1.807) is 25.3 Å². The second-order valence-electron chi connectivity index (χ2n) is 6.21. The number of aliphatic carboxylic acids is 1. The Kier molecular flexibility index (Phi) is 8.14. The van der Waals surface area contributed by atoms with E-state index in [0.29, 0.717) is 36.6 Å². The number of carboxylic acid groups (broad SMARTS) is 1. The number of hydrogen-bond acceptors (Lipinski definition) is 4. The number of benzene rings is 2. The average Bonchev–Trinajstić information content (AvgIpc) is 2.68. The predicted octanol–water partition coefficient (Wildman–Crippen LogP) is 3.69. The molecule has 2 aromatic carbocycles. The van der Waals surface area contributed by atoms with Crippen LogP contribution < -0.4 is 20.1 Å². The van der Waals surface area contributed by atoms with E-state index < -0.39 is 12.0 Å². The van der Waals surface area contributed by atoms with E-state index in [4.69, 9.17) is 14.6 Å². The van der Waals surface area contributed by atoms with E-state index in [-0.39, 0.29) is 12.5 Å². The van der Waals surface area contributed by atoms with E-state index >= 15 is 0 Å². The Labute approximate surface area is 164 Å². The minimum atomic E-state index is -0.897. The highest BCUT2D eigenvalue weighted by Crippen LogP contribution is 2.29. The van der Waals surface area contributed by atoms with Crippen LogP contribution in [0.3, 0.4) is 0 Å². The Morgan fingerprint density at radius 3 is 2.54 bits per heavy atom. The Hall–Kier alpha value is -3.22. The van der Waals surface area contributed by atoms with Crippen molar-refractivity contribution >= 4 is 17.7 Å². The van der Waals surface area contributed by atoms with Gasteiger partial charge < -0.3 is 25.2 Å². The Bertz CT molecular complexity index is 780. The van der Waals surface area contributed by atoms with E-state index in [9.17, 15) is 9.59 Å². The van der Waals surface area contributed by atoms with Gasteiger partial charge in [-0.15, -0.1) is 0 Å².